The number of rotatable bonds is 0. The van der Waals surface area contributed by atoms with Crippen LogP contribution < -0.4 is 5.43 Å². The SMILES string of the molecule is CC1=CC2=CCNN2C=C1. The van der Waals surface area contributed by atoms with E-state index >= 15 is 0 Å². The number of nitrogens with zero attached hydrogens (tertiary/aromatic N) is 1. The molecule has 0 amide bonds. The molecule has 2 heterocycles. The van der Waals surface area contributed by atoms with Gasteiger partial charge in [0.1, 0.15) is 0 Å². The maximum absolute atomic E-state index is 3.19. The first-order valence-electron chi connectivity index (χ1n) is 3.46. The Labute approximate surface area is 60.5 Å². The highest BCUT2D eigenvalue weighted by Gasteiger charge is 2.11. The molecule has 0 aromatic heterocycles. The van der Waals surface area contributed by atoms with Crippen molar-refractivity contribution in [3.8, 4) is 0 Å². The smallest absolute Gasteiger partial charge is 0.0547 e. The molecule has 0 aromatic carbocycles. The van der Waals surface area contributed by atoms with Crippen LogP contribution in [0.5, 0.6) is 0 Å². The number of allylic oxidation sites excluding steroid dienone is 3. The van der Waals surface area contributed by atoms with E-state index in [9.17, 15) is 0 Å². The quantitative estimate of drug-likeness (QED) is 0.535. The van der Waals surface area contributed by atoms with Crippen molar-refractivity contribution >= 4 is 0 Å². The van der Waals surface area contributed by atoms with E-state index in [1.807, 2.05) is 11.2 Å². The highest BCUT2D eigenvalue weighted by molar-refractivity contribution is 5.35. The number of fused-ring (bicyclic) bond motifs is 1. The van der Waals surface area contributed by atoms with Crippen LogP contribution >= 0.6 is 0 Å². The molecule has 0 atom stereocenters. The molecule has 0 saturated carbocycles. The lowest BCUT2D eigenvalue weighted by molar-refractivity contribution is 0.394. The summed E-state index contributed by atoms with van der Waals surface area (Å²) in [6.45, 7) is 3.05. The molecule has 0 unspecified atom stereocenters. The van der Waals surface area contributed by atoms with Crippen LogP contribution in [0.25, 0.3) is 0 Å². The standard InChI is InChI=1S/C8H10N2/c1-7-3-5-10-8(6-7)2-4-9-10/h2-3,5-6,9H,4H2,1H3. The maximum Gasteiger partial charge on any atom is 0.0547 e. The molecular weight excluding hydrogens is 124 g/mol. The van der Waals surface area contributed by atoms with E-state index in [0.717, 1.165) is 6.54 Å². The minimum Gasteiger partial charge on any atom is -0.284 e. The van der Waals surface area contributed by atoms with Gasteiger partial charge in [-0.25, -0.2) is 5.43 Å². The molecule has 2 nitrogen and oxygen atoms in total. The normalized spacial score (nSPS) is 22.3. The topological polar surface area (TPSA) is 15.3 Å². The molecule has 52 valence electrons. The molecule has 0 spiro atoms. The third-order valence-corrected chi connectivity index (χ3v) is 1.71. The van der Waals surface area contributed by atoms with E-state index in [4.69, 9.17) is 0 Å². The summed E-state index contributed by atoms with van der Waals surface area (Å²) >= 11 is 0. The Bertz CT molecular complexity index is 236. The van der Waals surface area contributed by atoms with Crippen molar-refractivity contribution in [3.05, 3.63) is 35.7 Å². The fourth-order valence-corrected chi connectivity index (χ4v) is 1.18. The largest absolute Gasteiger partial charge is 0.284 e. The first-order valence-corrected chi connectivity index (χ1v) is 3.46. The predicted molar refractivity (Wildman–Crippen MR) is 40.8 cm³/mol. The van der Waals surface area contributed by atoms with Crippen molar-refractivity contribution in [1.82, 2.24) is 10.4 Å². The van der Waals surface area contributed by atoms with Crippen molar-refractivity contribution in [1.29, 1.82) is 0 Å². The summed E-state index contributed by atoms with van der Waals surface area (Å²) in [6, 6.07) is 0. The summed E-state index contributed by atoms with van der Waals surface area (Å²) < 4.78 is 0. The molecule has 0 aliphatic carbocycles. The molecule has 0 bridgehead atoms. The van der Waals surface area contributed by atoms with Crippen LogP contribution in [0.4, 0.5) is 0 Å². The highest BCUT2D eigenvalue weighted by Crippen LogP contribution is 2.16. The van der Waals surface area contributed by atoms with Gasteiger partial charge in [0.05, 0.1) is 5.70 Å². The van der Waals surface area contributed by atoms with E-state index in [2.05, 4.69) is 30.6 Å². The lowest BCUT2D eigenvalue weighted by Crippen LogP contribution is -2.26. The van der Waals surface area contributed by atoms with E-state index in [1.165, 1.54) is 11.3 Å². The second kappa shape index (κ2) is 1.99. The zero-order valence-corrected chi connectivity index (χ0v) is 5.96. The minimum absolute atomic E-state index is 0.948. The molecule has 1 N–H and O–H groups in total. The molecule has 0 radical (unpaired) electrons. The molecule has 0 saturated heterocycles. The van der Waals surface area contributed by atoms with E-state index in [0.29, 0.717) is 0 Å². The zero-order valence-electron chi connectivity index (χ0n) is 5.96. The fourth-order valence-electron chi connectivity index (χ4n) is 1.18. The lowest BCUT2D eigenvalue weighted by Gasteiger charge is -2.18. The predicted octanol–water partition coefficient (Wildman–Crippen LogP) is 1.16. The second-order valence-corrected chi connectivity index (χ2v) is 2.57. The Morgan fingerprint density at radius 2 is 2.50 bits per heavy atom. The molecule has 2 rings (SSSR count). The van der Waals surface area contributed by atoms with Crippen LogP contribution in [0.3, 0.4) is 0 Å². The summed E-state index contributed by atoms with van der Waals surface area (Å²) in [5, 5.41) is 2.03. The Morgan fingerprint density at radius 3 is 3.40 bits per heavy atom. The summed E-state index contributed by atoms with van der Waals surface area (Å²) in [5.41, 5.74) is 5.76. The average molecular weight is 134 g/mol. The number of hydrogen-bond donors (Lipinski definition) is 1. The number of hydrazine groups is 1. The zero-order chi connectivity index (χ0) is 6.97. The molecule has 2 aliphatic rings. The van der Waals surface area contributed by atoms with Crippen molar-refractivity contribution < 1.29 is 0 Å². The molecule has 0 aromatic rings. The van der Waals surface area contributed by atoms with E-state index in [1.54, 1.807) is 0 Å². The van der Waals surface area contributed by atoms with Gasteiger partial charge in [-0.1, -0.05) is 0 Å². The first-order chi connectivity index (χ1) is 4.86. The number of nitrogens with one attached hydrogen (secondary N) is 1. The van der Waals surface area contributed by atoms with Gasteiger partial charge in [0, 0.05) is 12.7 Å². The Morgan fingerprint density at radius 1 is 1.60 bits per heavy atom. The van der Waals surface area contributed by atoms with Gasteiger partial charge in [-0.2, -0.15) is 0 Å². The van der Waals surface area contributed by atoms with Crippen molar-refractivity contribution in [3.63, 3.8) is 0 Å². The van der Waals surface area contributed by atoms with Crippen LogP contribution in [0.2, 0.25) is 0 Å². The van der Waals surface area contributed by atoms with Crippen molar-refractivity contribution in [2.75, 3.05) is 6.54 Å². The molecule has 2 heteroatoms. The van der Waals surface area contributed by atoms with Gasteiger partial charge in [-0.3, -0.25) is 5.01 Å². The first kappa shape index (κ1) is 5.74. The van der Waals surface area contributed by atoms with Gasteiger partial charge < -0.3 is 0 Å². The molecule has 0 fully saturated rings. The Hall–Kier alpha value is -1.02. The third kappa shape index (κ3) is 0.772. The summed E-state index contributed by atoms with van der Waals surface area (Å²) in [5.74, 6) is 0. The van der Waals surface area contributed by atoms with E-state index in [-0.39, 0.29) is 0 Å². The van der Waals surface area contributed by atoms with Crippen LogP contribution in [0.1, 0.15) is 6.92 Å². The van der Waals surface area contributed by atoms with E-state index < -0.39 is 0 Å². The van der Waals surface area contributed by atoms with Crippen LogP contribution in [-0.4, -0.2) is 11.6 Å². The molecular formula is C8H10N2. The lowest BCUT2D eigenvalue weighted by atomic mass is 10.2. The van der Waals surface area contributed by atoms with Gasteiger partial charge >= 0.3 is 0 Å². The molecule has 10 heavy (non-hydrogen) atoms. The Balaban J connectivity index is 2.34. The highest BCUT2D eigenvalue weighted by atomic mass is 15.5. The van der Waals surface area contributed by atoms with Gasteiger partial charge in [0.2, 0.25) is 0 Å². The van der Waals surface area contributed by atoms with Gasteiger partial charge in [0.15, 0.2) is 0 Å². The minimum atomic E-state index is 0.948. The monoisotopic (exact) mass is 134 g/mol. The summed E-state index contributed by atoms with van der Waals surface area (Å²) in [6.07, 6.45) is 8.48. The summed E-state index contributed by atoms with van der Waals surface area (Å²) in [4.78, 5) is 0. The second-order valence-electron chi connectivity index (χ2n) is 2.57. The van der Waals surface area contributed by atoms with Crippen molar-refractivity contribution in [2.24, 2.45) is 0 Å². The average Bonchev–Trinajstić information content (AvgIpc) is 2.33. The van der Waals surface area contributed by atoms with Gasteiger partial charge in [-0.15, -0.1) is 0 Å². The van der Waals surface area contributed by atoms with Crippen LogP contribution in [0.15, 0.2) is 35.7 Å². The summed E-state index contributed by atoms with van der Waals surface area (Å²) in [7, 11) is 0. The van der Waals surface area contributed by atoms with Crippen LogP contribution in [0, 0.1) is 0 Å². The van der Waals surface area contributed by atoms with Crippen molar-refractivity contribution in [2.45, 2.75) is 6.92 Å². The third-order valence-electron chi connectivity index (χ3n) is 1.71. The van der Waals surface area contributed by atoms with Crippen LogP contribution in [-0.2, 0) is 0 Å². The fraction of sp³-hybridized carbons (Fsp3) is 0.250. The van der Waals surface area contributed by atoms with Gasteiger partial charge in [-0.05, 0) is 30.7 Å². The number of hydrogen-bond acceptors (Lipinski definition) is 2. The maximum atomic E-state index is 3.19. The van der Waals surface area contributed by atoms with Gasteiger partial charge in [0.25, 0.3) is 0 Å². The Kier molecular flexibility index (Phi) is 1.14. The molecule has 2 aliphatic heterocycles.